The third-order valence-electron chi connectivity index (χ3n) is 10.1. The Morgan fingerprint density at radius 2 is 2.09 bits per heavy atom. The number of ether oxygens (including phenoxy) is 2. The Morgan fingerprint density at radius 3 is 2.85 bits per heavy atom. The second-order valence-corrected chi connectivity index (χ2v) is 11.6. The number of fused-ring (bicyclic) bond motifs is 2. The van der Waals surface area contributed by atoms with Crippen LogP contribution in [0.2, 0.25) is 0 Å². The molecular formula is C27H41N3O3. The monoisotopic (exact) mass is 455 g/mol. The minimum absolute atomic E-state index is 0.144. The van der Waals surface area contributed by atoms with E-state index in [2.05, 4.69) is 35.5 Å². The maximum Gasteiger partial charge on any atom is 0.302 e. The van der Waals surface area contributed by atoms with E-state index >= 15 is 0 Å². The number of aromatic nitrogens is 2. The summed E-state index contributed by atoms with van der Waals surface area (Å²) in [5.74, 6) is 1.85. The van der Waals surface area contributed by atoms with Gasteiger partial charge in [0, 0.05) is 38.2 Å². The van der Waals surface area contributed by atoms with Crippen molar-refractivity contribution in [2.75, 3.05) is 39.5 Å². The van der Waals surface area contributed by atoms with Gasteiger partial charge in [-0.1, -0.05) is 26.0 Å². The molecule has 6 atom stereocenters. The number of esters is 1. The third kappa shape index (κ3) is 4.07. The van der Waals surface area contributed by atoms with E-state index in [9.17, 15) is 4.79 Å². The van der Waals surface area contributed by atoms with Gasteiger partial charge in [-0.2, -0.15) is 5.10 Å². The minimum atomic E-state index is -0.159. The van der Waals surface area contributed by atoms with Gasteiger partial charge in [0.15, 0.2) is 0 Å². The van der Waals surface area contributed by atoms with Crippen molar-refractivity contribution < 1.29 is 14.3 Å². The summed E-state index contributed by atoms with van der Waals surface area (Å²) in [7, 11) is 0. The molecule has 2 saturated carbocycles. The highest BCUT2D eigenvalue weighted by Gasteiger charge is 2.57. The highest BCUT2D eigenvalue weighted by Crippen LogP contribution is 2.63. The van der Waals surface area contributed by atoms with E-state index in [1.165, 1.54) is 36.1 Å². The molecule has 2 heterocycles. The molecule has 3 fully saturated rings. The Balaban J connectivity index is 1.48. The van der Waals surface area contributed by atoms with E-state index in [0.717, 1.165) is 52.1 Å². The van der Waals surface area contributed by atoms with Crippen LogP contribution in [0.3, 0.4) is 0 Å². The Morgan fingerprint density at radius 1 is 1.30 bits per heavy atom. The zero-order chi connectivity index (χ0) is 23.2. The summed E-state index contributed by atoms with van der Waals surface area (Å²) in [6.07, 6.45) is 8.83. The fourth-order valence-electron chi connectivity index (χ4n) is 7.96. The molecule has 0 aromatic carbocycles. The quantitative estimate of drug-likeness (QED) is 0.536. The van der Waals surface area contributed by atoms with Crippen molar-refractivity contribution in [2.24, 2.45) is 34.5 Å². The van der Waals surface area contributed by atoms with Crippen molar-refractivity contribution in [3.63, 3.8) is 0 Å². The van der Waals surface area contributed by atoms with Gasteiger partial charge in [-0.25, -0.2) is 0 Å². The summed E-state index contributed by atoms with van der Waals surface area (Å²) < 4.78 is 11.4. The van der Waals surface area contributed by atoms with E-state index < -0.39 is 0 Å². The van der Waals surface area contributed by atoms with Gasteiger partial charge in [-0.15, -0.1) is 0 Å². The number of nitrogens with zero attached hydrogens (tertiary/aromatic N) is 2. The molecule has 33 heavy (non-hydrogen) atoms. The van der Waals surface area contributed by atoms with Crippen molar-refractivity contribution in [3.8, 4) is 0 Å². The highest BCUT2D eigenvalue weighted by atomic mass is 16.5. The molecule has 0 unspecified atom stereocenters. The third-order valence-corrected chi connectivity index (χ3v) is 10.1. The number of hydrogen-bond donors (Lipinski definition) is 1. The van der Waals surface area contributed by atoms with Gasteiger partial charge >= 0.3 is 5.97 Å². The second kappa shape index (κ2) is 8.84. The van der Waals surface area contributed by atoms with Crippen molar-refractivity contribution >= 4 is 5.97 Å². The molecule has 0 bridgehead atoms. The summed E-state index contributed by atoms with van der Waals surface area (Å²) in [4.78, 5) is 14.5. The number of carbonyl (C=O) groups excluding carboxylic acids is 1. The van der Waals surface area contributed by atoms with Crippen LogP contribution in [0.5, 0.6) is 0 Å². The van der Waals surface area contributed by atoms with E-state index in [4.69, 9.17) is 9.47 Å². The number of carbonyl (C=O) groups is 1. The van der Waals surface area contributed by atoms with Gasteiger partial charge in [0.2, 0.25) is 0 Å². The van der Waals surface area contributed by atoms with Gasteiger partial charge in [-0.05, 0) is 72.7 Å². The number of hydrogen-bond acceptors (Lipinski definition) is 5. The Bertz CT molecular complexity index is 891. The number of rotatable bonds is 5. The number of nitrogens with one attached hydrogen (secondary N) is 1. The first-order valence-corrected chi connectivity index (χ1v) is 12.9. The molecule has 1 aromatic heterocycles. The number of allylic oxidation sites excluding steroid dienone is 1. The summed E-state index contributed by atoms with van der Waals surface area (Å²) >= 11 is 0. The highest BCUT2D eigenvalue weighted by molar-refractivity contribution is 5.65. The lowest BCUT2D eigenvalue weighted by atomic mass is 9.49. The minimum Gasteiger partial charge on any atom is -0.466 e. The zero-order valence-electron chi connectivity index (χ0n) is 20.7. The first-order chi connectivity index (χ1) is 15.8. The van der Waals surface area contributed by atoms with Crippen LogP contribution in [-0.4, -0.2) is 60.5 Å². The summed E-state index contributed by atoms with van der Waals surface area (Å²) in [5.41, 5.74) is 4.44. The van der Waals surface area contributed by atoms with E-state index in [0.29, 0.717) is 30.3 Å². The molecule has 182 valence electrons. The molecule has 4 aliphatic rings. The van der Waals surface area contributed by atoms with Crippen LogP contribution >= 0.6 is 0 Å². The first kappa shape index (κ1) is 23.1. The van der Waals surface area contributed by atoms with Crippen LogP contribution in [0.1, 0.15) is 57.7 Å². The summed E-state index contributed by atoms with van der Waals surface area (Å²) in [5, 5.41) is 7.70. The molecule has 5 rings (SSSR count). The fraction of sp³-hybridized carbons (Fsp3) is 0.778. The Kier molecular flexibility index (Phi) is 6.19. The fourth-order valence-corrected chi connectivity index (χ4v) is 7.96. The number of H-pyrrole nitrogens is 1. The predicted molar refractivity (Wildman–Crippen MR) is 128 cm³/mol. The SMILES string of the molecule is C=C1CC[C@H]2[C@H](COC(C)=O)[C@@H]([C@@]3(C)Cc4cn[nH]c4C[C@@H]3CN3CCOCC3)CC[C@]12C. The lowest BCUT2D eigenvalue weighted by Gasteiger charge is -2.56. The van der Waals surface area contributed by atoms with Gasteiger partial charge < -0.3 is 9.47 Å². The van der Waals surface area contributed by atoms with Crippen molar-refractivity contribution in [2.45, 2.75) is 59.3 Å². The largest absolute Gasteiger partial charge is 0.466 e. The molecule has 0 radical (unpaired) electrons. The smallest absolute Gasteiger partial charge is 0.302 e. The number of aromatic amines is 1. The average molecular weight is 456 g/mol. The summed E-state index contributed by atoms with van der Waals surface area (Å²) in [6, 6.07) is 0. The predicted octanol–water partition coefficient (Wildman–Crippen LogP) is 4.02. The lowest BCUT2D eigenvalue weighted by Crippen LogP contribution is -2.54. The molecular weight excluding hydrogens is 414 g/mol. The maximum absolute atomic E-state index is 11.9. The molecule has 0 spiro atoms. The topological polar surface area (TPSA) is 67.5 Å². The molecule has 1 aromatic rings. The normalized spacial score (nSPS) is 39.2. The summed E-state index contributed by atoms with van der Waals surface area (Å²) in [6.45, 7) is 16.3. The number of morpholine rings is 1. The van der Waals surface area contributed by atoms with Gasteiger partial charge in [0.25, 0.3) is 0 Å². The zero-order valence-corrected chi connectivity index (χ0v) is 20.7. The van der Waals surface area contributed by atoms with Crippen LogP contribution in [0, 0.1) is 34.5 Å². The first-order valence-electron chi connectivity index (χ1n) is 12.9. The van der Waals surface area contributed by atoms with Crippen molar-refractivity contribution in [3.05, 3.63) is 29.6 Å². The van der Waals surface area contributed by atoms with Gasteiger partial charge in [0.05, 0.1) is 26.0 Å². The molecule has 0 amide bonds. The van der Waals surface area contributed by atoms with Crippen LogP contribution < -0.4 is 0 Å². The molecule has 1 saturated heterocycles. The van der Waals surface area contributed by atoms with Crippen LogP contribution in [0.4, 0.5) is 0 Å². The molecule has 3 aliphatic carbocycles. The molecule has 1 N–H and O–H groups in total. The lowest BCUT2D eigenvalue weighted by molar-refractivity contribution is -0.148. The average Bonchev–Trinajstić information content (AvgIpc) is 3.36. The van der Waals surface area contributed by atoms with Gasteiger partial charge in [0.1, 0.15) is 0 Å². The standard InChI is InChI=1S/C27H41N3O3/c1-18-5-6-23-22(17-33-19(2)31)24(7-8-26(18,23)3)27(4)14-20-15-28-29-25(20)13-21(27)16-30-9-11-32-12-10-30/h15,21-24H,1,5-14,16-17H2,2-4H3,(H,28,29)/t21-,22+,23+,24+,26-,27+/m1/s1. The molecule has 6 nitrogen and oxygen atoms in total. The molecule has 6 heteroatoms. The second-order valence-electron chi connectivity index (χ2n) is 11.6. The Hall–Kier alpha value is -1.66. The van der Waals surface area contributed by atoms with E-state index in [1.807, 2.05) is 6.20 Å². The van der Waals surface area contributed by atoms with Crippen LogP contribution in [-0.2, 0) is 27.1 Å². The molecule has 1 aliphatic heterocycles. The van der Waals surface area contributed by atoms with Crippen molar-refractivity contribution in [1.29, 1.82) is 0 Å². The van der Waals surface area contributed by atoms with Crippen LogP contribution in [0.15, 0.2) is 18.3 Å². The van der Waals surface area contributed by atoms with E-state index in [-0.39, 0.29) is 16.8 Å². The maximum atomic E-state index is 11.9. The van der Waals surface area contributed by atoms with Gasteiger partial charge in [-0.3, -0.25) is 14.8 Å². The van der Waals surface area contributed by atoms with Crippen LogP contribution in [0.25, 0.3) is 0 Å². The Labute approximate surface area is 198 Å². The van der Waals surface area contributed by atoms with Crippen molar-refractivity contribution in [1.82, 2.24) is 15.1 Å². The van der Waals surface area contributed by atoms with E-state index in [1.54, 1.807) is 6.92 Å².